The molecule has 5 nitrogen and oxygen atoms in total. The average molecular weight is 305 g/mol. The van der Waals surface area contributed by atoms with Crippen LogP contribution in [-0.4, -0.2) is 24.3 Å². The fourth-order valence-corrected chi connectivity index (χ4v) is 2.35. The van der Waals surface area contributed by atoms with Gasteiger partial charge in [-0.3, -0.25) is 0 Å². The van der Waals surface area contributed by atoms with Crippen molar-refractivity contribution in [3.8, 4) is 0 Å². The summed E-state index contributed by atoms with van der Waals surface area (Å²) in [6, 6.07) is 8.10. The van der Waals surface area contributed by atoms with Crippen molar-refractivity contribution in [2.75, 3.05) is 12.3 Å². The minimum absolute atomic E-state index is 0.257. The molecule has 0 saturated heterocycles. The van der Waals surface area contributed by atoms with Crippen molar-refractivity contribution >= 4 is 11.8 Å². The quantitative estimate of drug-likeness (QED) is 0.706. The average Bonchev–Trinajstić information content (AvgIpc) is 3.23. The number of ether oxygens (including phenoxy) is 1. The van der Waals surface area contributed by atoms with Crippen LogP contribution in [0, 0.1) is 5.92 Å². The Morgan fingerprint density at radius 1 is 1.36 bits per heavy atom. The van der Waals surface area contributed by atoms with Crippen LogP contribution in [0.1, 0.15) is 39.2 Å². The van der Waals surface area contributed by atoms with Gasteiger partial charge < -0.3 is 21.1 Å². The highest BCUT2D eigenvalue weighted by Gasteiger charge is 2.31. The smallest absolute Gasteiger partial charge is 0.407 e. The van der Waals surface area contributed by atoms with Crippen molar-refractivity contribution in [3.63, 3.8) is 0 Å². The van der Waals surface area contributed by atoms with Crippen molar-refractivity contribution in [2.45, 2.75) is 51.8 Å². The van der Waals surface area contributed by atoms with Gasteiger partial charge in [0.05, 0.1) is 0 Å². The number of nitrogen functional groups attached to an aromatic ring is 1. The number of anilines is 1. The van der Waals surface area contributed by atoms with Crippen LogP contribution in [0.5, 0.6) is 0 Å². The lowest BCUT2D eigenvalue weighted by Crippen LogP contribution is -2.43. The molecule has 1 amide bonds. The van der Waals surface area contributed by atoms with E-state index in [1.807, 2.05) is 45.0 Å². The van der Waals surface area contributed by atoms with Gasteiger partial charge in [-0.1, -0.05) is 18.2 Å². The molecule has 0 aliphatic heterocycles. The number of nitrogens with two attached hydrogens (primary N) is 1. The van der Waals surface area contributed by atoms with Crippen LogP contribution in [0.15, 0.2) is 24.3 Å². The lowest BCUT2D eigenvalue weighted by molar-refractivity contribution is 0.0521. The summed E-state index contributed by atoms with van der Waals surface area (Å²) in [5.74, 6) is 0.625. The molecule has 1 aliphatic carbocycles. The molecule has 4 N–H and O–H groups in total. The molecule has 1 aromatic rings. The molecule has 0 aromatic heterocycles. The van der Waals surface area contributed by atoms with E-state index in [9.17, 15) is 4.79 Å². The third kappa shape index (κ3) is 5.56. The lowest BCUT2D eigenvalue weighted by Gasteiger charge is -2.23. The molecule has 1 aromatic carbocycles. The van der Waals surface area contributed by atoms with Crippen LogP contribution in [0.2, 0.25) is 0 Å². The van der Waals surface area contributed by atoms with E-state index in [-0.39, 0.29) is 12.1 Å². The molecule has 0 spiro atoms. The van der Waals surface area contributed by atoms with Crippen LogP contribution >= 0.6 is 0 Å². The van der Waals surface area contributed by atoms with E-state index in [1.54, 1.807) is 0 Å². The molecule has 1 fully saturated rings. The van der Waals surface area contributed by atoms with Crippen molar-refractivity contribution in [3.05, 3.63) is 29.8 Å². The molecule has 0 bridgehead atoms. The van der Waals surface area contributed by atoms with E-state index in [4.69, 9.17) is 10.5 Å². The van der Waals surface area contributed by atoms with Crippen molar-refractivity contribution in [1.29, 1.82) is 0 Å². The normalized spacial score (nSPS) is 16.1. The Labute approximate surface area is 132 Å². The summed E-state index contributed by atoms with van der Waals surface area (Å²) in [5, 5.41) is 6.36. The fraction of sp³-hybridized carbons (Fsp3) is 0.588. The van der Waals surface area contributed by atoms with E-state index in [2.05, 4.69) is 10.6 Å². The van der Waals surface area contributed by atoms with Crippen LogP contribution in [0.25, 0.3) is 0 Å². The first kappa shape index (κ1) is 16.6. The van der Waals surface area contributed by atoms with E-state index in [1.165, 1.54) is 12.8 Å². The molecule has 1 atom stereocenters. The highest BCUT2D eigenvalue weighted by Crippen LogP contribution is 2.32. The maximum absolute atomic E-state index is 11.8. The number of hydrogen-bond acceptors (Lipinski definition) is 4. The molecule has 0 heterocycles. The zero-order chi connectivity index (χ0) is 16.2. The second-order valence-electron chi connectivity index (χ2n) is 6.91. The molecular weight excluding hydrogens is 278 g/mol. The van der Waals surface area contributed by atoms with E-state index in [0.29, 0.717) is 19.0 Å². The van der Waals surface area contributed by atoms with E-state index < -0.39 is 5.60 Å². The summed E-state index contributed by atoms with van der Waals surface area (Å²) in [6.07, 6.45) is 2.05. The van der Waals surface area contributed by atoms with Gasteiger partial charge in [-0.25, -0.2) is 4.79 Å². The van der Waals surface area contributed by atoms with Gasteiger partial charge in [-0.05, 0) is 51.2 Å². The Morgan fingerprint density at radius 2 is 2.05 bits per heavy atom. The summed E-state index contributed by atoms with van der Waals surface area (Å²) in [4.78, 5) is 11.8. The monoisotopic (exact) mass is 305 g/mol. The van der Waals surface area contributed by atoms with Gasteiger partial charge in [0, 0.05) is 24.8 Å². The van der Waals surface area contributed by atoms with Crippen LogP contribution in [-0.2, 0) is 11.3 Å². The van der Waals surface area contributed by atoms with Gasteiger partial charge in [0.1, 0.15) is 5.60 Å². The molecule has 122 valence electrons. The van der Waals surface area contributed by atoms with Crippen LogP contribution in [0.3, 0.4) is 0 Å². The zero-order valence-corrected chi connectivity index (χ0v) is 13.7. The molecule has 1 aliphatic rings. The Kier molecular flexibility index (Phi) is 5.29. The molecule has 1 unspecified atom stereocenters. The Balaban J connectivity index is 1.81. The highest BCUT2D eigenvalue weighted by molar-refractivity contribution is 5.67. The summed E-state index contributed by atoms with van der Waals surface area (Å²) in [5.41, 5.74) is 7.38. The largest absolute Gasteiger partial charge is 0.444 e. The van der Waals surface area contributed by atoms with Gasteiger partial charge in [-0.2, -0.15) is 0 Å². The molecule has 22 heavy (non-hydrogen) atoms. The number of alkyl carbamates (subject to hydrolysis) is 1. The summed E-state index contributed by atoms with van der Waals surface area (Å²) >= 11 is 0. The zero-order valence-electron chi connectivity index (χ0n) is 13.7. The number of amides is 1. The molecule has 2 rings (SSSR count). The number of para-hydroxylation sites is 1. The van der Waals surface area contributed by atoms with Gasteiger partial charge in [-0.15, -0.1) is 0 Å². The van der Waals surface area contributed by atoms with Gasteiger partial charge in [0.25, 0.3) is 0 Å². The first-order chi connectivity index (χ1) is 10.3. The predicted octanol–water partition coefficient (Wildman–Crippen LogP) is 2.66. The van der Waals surface area contributed by atoms with Gasteiger partial charge >= 0.3 is 6.09 Å². The minimum atomic E-state index is -0.467. The second-order valence-corrected chi connectivity index (χ2v) is 6.91. The van der Waals surface area contributed by atoms with Gasteiger partial charge in [0.15, 0.2) is 0 Å². The number of hydrogen-bond donors (Lipinski definition) is 3. The Morgan fingerprint density at radius 3 is 2.64 bits per heavy atom. The number of carbonyl (C=O) groups is 1. The molecule has 5 heteroatoms. The van der Waals surface area contributed by atoms with E-state index >= 15 is 0 Å². The van der Waals surface area contributed by atoms with Crippen molar-refractivity contribution in [1.82, 2.24) is 10.6 Å². The maximum atomic E-state index is 11.8. The molecule has 1 saturated carbocycles. The van der Waals surface area contributed by atoms with E-state index in [0.717, 1.165) is 11.3 Å². The van der Waals surface area contributed by atoms with Crippen LogP contribution < -0.4 is 16.4 Å². The van der Waals surface area contributed by atoms with Gasteiger partial charge in [0.2, 0.25) is 0 Å². The summed E-state index contributed by atoms with van der Waals surface area (Å²) in [7, 11) is 0. The van der Waals surface area contributed by atoms with Crippen molar-refractivity contribution < 1.29 is 9.53 Å². The standard InChI is InChI=1S/C17H27N3O2/c1-17(2,3)22-16(21)20-11-15(12-8-9-12)19-10-13-6-4-5-7-14(13)18/h4-7,12,15,19H,8-11,18H2,1-3H3,(H,20,21). The molecule has 0 radical (unpaired) electrons. The highest BCUT2D eigenvalue weighted by atomic mass is 16.6. The second kappa shape index (κ2) is 7.01. The predicted molar refractivity (Wildman–Crippen MR) is 88.4 cm³/mol. The third-order valence-corrected chi connectivity index (χ3v) is 3.67. The Hall–Kier alpha value is -1.75. The summed E-state index contributed by atoms with van der Waals surface area (Å²) < 4.78 is 5.27. The molecular formula is C17H27N3O2. The number of benzene rings is 1. The number of nitrogens with one attached hydrogen (secondary N) is 2. The summed E-state index contributed by atoms with van der Waals surface area (Å²) in [6.45, 7) is 6.88. The minimum Gasteiger partial charge on any atom is -0.444 e. The SMILES string of the molecule is CC(C)(C)OC(=O)NCC(NCc1ccccc1N)C1CC1. The third-order valence-electron chi connectivity index (χ3n) is 3.67. The lowest BCUT2D eigenvalue weighted by atomic mass is 10.1. The maximum Gasteiger partial charge on any atom is 0.407 e. The van der Waals surface area contributed by atoms with Crippen LogP contribution in [0.4, 0.5) is 10.5 Å². The topological polar surface area (TPSA) is 76.4 Å². The first-order valence-electron chi connectivity index (χ1n) is 7.89. The van der Waals surface area contributed by atoms with Crippen molar-refractivity contribution in [2.24, 2.45) is 5.92 Å². The Bertz CT molecular complexity index is 507. The number of rotatable bonds is 6. The number of carbonyl (C=O) groups excluding carboxylic acids is 1. The fourth-order valence-electron chi connectivity index (χ4n) is 2.35. The first-order valence-corrected chi connectivity index (χ1v) is 7.89.